The fourth-order valence-corrected chi connectivity index (χ4v) is 10.6. The molecule has 0 aromatic heterocycles. The van der Waals surface area contributed by atoms with Crippen molar-refractivity contribution in [3.63, 3.8) is 0 Å². The molecule has 68 heavy (non-hydrogen) atoms. The van der Waals surface area contributed by atoms with E-state index in [0.717, 1.165) is 50.4 Å². The Kier molecular flexibility index (Phi) is 10.5. The topological polar surface area (TPSA) is 3.24 Å². The van der Waals surface area contributed by atoms with Gasteiger partial charge in [-0.1, -0.05) is 243 Å². The van der Waals surface area contributed by atoms with Gasteiger partial charge in [0.05, 0.1) is 11.1 Å². The van der Waals surface area contributed by atoms with Crippen LogP contribution in [-0.2, 0) is 5.41 Å². The van der Waals surface area contributed by atoms with E-state index in [4.69, 9.17) is 0 Å². The lowest BCUT2D eigenvalue weighted by Gasteiger charge is -2.35. The highest BCUT2D eigenvalue weighted by molar-refractivity contribution is 6.01. The second-order valence-electron chi connectivity index (χ2n) is 17.6. The van der Waals surface area contributed by atoms with Crippen LogP contribution in [0.1, 0.15) is 22.3 Å². The van der Waals surface area contributed by atoms with Crippen LogP contribution in [0.4, 0.5) is 17.1 Å². The van der Waals surface area contributed by atoms with Crippen molar-refractivity contribution in [1.29, 1.82) is 0 Å². The molecule has 1 aliphatic rings. The standard InChI is InChI=1S/C67H47N/c1-7-22-48(23-8-1)53-30-21-31-54(44-53)50-38-40-58(41-39-50)68(66-62(51-26-11-3-12-27-51)45-55(49-24-9-2-10-25-49)46-63(66)52-28-13-4-14-29-52)59-42-43-61-60-36-19-20-37-64(60)67(65(61)47-59,56-32-15-5-16-33-56)57-34-17-6-18-35-57/h1-47H. The minimum atomic E-state index is -0.564. The molecule has 0 radical (unpaired) electrons. The zero-order valence-electron chi connectivity index (χ0n) is 37.6. The van der Waals surface area contributed by atoms with Crippen LogP contribution < -0.4 is 4.90 Å². The van der Waals surface area contributed by atoms with E-state index < -0.39 is 5.41 Å². The first-order valence-electron chi connectivity index (χ1n) is 23.5. The van der Waals surface area contributed by atoms with Crippen molar-refractivity contribution < 1.29 is 0 Å². The summed E-state index contributed by atoms with van der Waals surface area (Å²) in [6.45, 7) is 0. The molecule has 1 heteroatoms. The zero-order chi connectivity index (χ0) is 45.3. The lowest BCUT2D eigenvalue weighted by atomic mass is 9.67. The minimum absolute atomic E-state index is 0.564. The van der Waals surface area contributed by atoms with Gasteiger partial charge in [0.2, 0.25) is 0 Å². The maximum absolute atomic E-state index is 2.52. The zero-order valence-corrected chi connectivity index (χ0v) is 37.6. The van der Waals surface area contributed by atoms with Crippen molar-refractivity contribution in [2.75, 3.05) is 4.90 Å². The van der Waals surface area contributed by atoms with Gasteiger partial charge >= 0.3 is 0 Å². The quantitative estimate of drug-likeness (QED) is 0.132. The summed E-state index contributed by atoms with van der Waals surface area (Å²) in [5.41, 5.74) is 21.9. The number of hydrogen-bond acceptors (Lipinski definition) is 1. The van der Waals surface area contributed by atoms with E-state index in [9.17, 15) is 0 Å². The Morgan fingerprint density at radius 1 is 0.221 bits per heavy atom. The summed E-state index contributed by atoms with van der Waals surface area (Å²) in [6.07, 6.45) is 0. The van der Waals surface area contributed by atoms with Crippen LogP contribution in [0.25, 0.3) is 66.8 Å². The first-order chi connectivity index (χ1) is 33.7. The van der Waals surface area contributed by atoms with Gasteiger partial charge in [-0.2, -0.15) is 0 Å². The largest absolute Gasteiger partial charge is 0.309 e. The molecule has 0 atom stereocenters. The smallest absolute Gasteiger partial charge is 0.0714 e. The monoisotopic (exact) mass is 865 g/mol. The number of hydrogen-bond donors (Lipinski definition) is 0. The van der Waals surface area contributed by atoms with E-state index >= 15 is 0 Å². The molecular formula is C67H47N. The third-order valence-corrected chi connectivity index (χ3v) is 13.7. The molecule has 0 heterocycles. The van der Waals surface area contributed by atoms with Crippen LogP contribution in [0.15, 0.2) is 285 Å². The Balaban J connectivity index is 1.15. The van der Waals surface area contributed by atoms with Gasteiger partial charge in [0, 0.05) is 22.5 Å². The highest BCUT2D eigenvalue weighted by Crippen LogP contribution is 2.58. The maximum Gasteiger partial charge on any atom is 0.0714 e. The van der Waals surface area contributed by atoms with Gasteiger partial charge in [-0.3, -0.25) is 0 Å². The summed E-state index contributed by atoms with van der Waals surface area (Å²) in [6, 6.07) is 104. The Hall–Kier alpha value is -8.78. The van der Waals surface area contributed by atoms with Crippen molar-refractivity contribution in [3.05, 3.63) is 307 Å². The van der Waals surface area contributed by atoms with Crippen LogP contribution in [-0.4, -0.2) is 0 Å². The molecule has 1 nitrogen and oxygen atoms in total. The molecule has 0 saturated heterocycles. The van der Waals surface area contributed by atoms with Gasteiger partial charge in [-0.05, 0) is 120 Å². The lowest BCUT2D eigenvalue weighted by molar-refractivity contribution is 0.768. The van der Waals surface area contributed by atoms with Crippen LogP contribution in [0, 0.1) is 0 Å². The second-order valence-corrected chi connectivity index (χ2v) is 17.6. The minimum Gasteiger partial charge on any atom is -0.309 e. The predicted molar refractivity (Wildman–Crippen MR) is 286 cm³/mol. The number of anilines is 3. The van der Waals surface area contributed by atoms with E-state index in [2.05, 4.69) is 290 Å². The number of benzene rings is 11. The fraction of sp³-hybridized carbons (Fsp3) is 0.0149. The van der Waals surface area contributed by atoms with E-state index in [0.29, 0.717) is 0 Å². The Bertz CT molecular complexity index is 3410. The molecule has 11 aromatic carbocycles. The summed E-state index contributed by atoms with van der Waals surface area (Å²) in [4.78, 5) is 2.52. The molecule has 0 aliphatic heterocycles. The van der Waals surface area contributed by atoms with Gasteiger partial charge < -0.3 is 4.90 Å². The maximum atomic E-state index is 2.52. The number of nitrogens with zero attached hydrogens (tertiary/aromatic N) is 1. The normalized spacial score (nSPS) is 12.2. The molecule has 0 fully saturated rings. The molecular weight excluding hydrogens is 819 g/mol. The molecule has 0 saturated carbocycles. The SMILES string of the molecule is c1ccc(-c2cccc(-c3ccc(N(c4ccc5c(c4)C(c4ccccc4)(c4ccccc4)c4ccccc4-5)c4c(-c5ccccc5)cc(-c5ccccc5)cc4-c4ccccc4)cc3)c2)cc1. The highest BCUT2D eigenvalue weighted by atomic mass is 15.1. The third kappa shape index (κ3) is 7.13. The lowest BCUT2D eigenvalue weighted by Crippen LogP contribution is -2.28. The molecule has 12 rings (SSSR count). The number of fused-ring (bicyclic) bond motifs is 3. The van der Waals surface area contributed by atoms with Crippen molar-refractivity contribution in [3.8, 4) is 66.8 Å². The molecule has 0 N–H and O–H groups in total. The summed E-state index contributed by atoms with van der Waals surface area (Å²) >= 11 is 0. The predicted octanol–water partition coefficient (Wildman–Crippen LogP) is 17.9. The van der Waals surface area contributed by atoms with Crippen molar-refractivity contribution in [2.24, 2.45) is 0 Å². The number of rotatable bonds is 10. The van der Waals surface area contributed by atoms with E-state index in [-0.39, 0.29) is 0 Å². The molecule has 0 amide bonds. The Morgan fingerprint density at radius 3 is 1.15 bits per heavy atom. The fourth-order valence-electron chi connectivity index (χ4n) is 10.6. The average Bonchev–Trinajstić information content (AvgIpc) is 3.73. The van der Waals surface area contributed by atoms with E-state index in [1.165, 1.54) is 55.6 Å². The summed E-state index contributed by atoms with van der Waals surface area (Å²) in [5, 5.41) is 0. The summed E-state index contributed by atoms with van der Waals surface area (Å²) in [5.74, 6) is 0. The highest BCUT2D eigenvalue weighted by Gasteiger charge is 2.46. The van der Waals surface area contributed by atoms with E-state index in [1.54, 1.807) is 0 Å². The first-order valence-corrected chi connectivity index (χ1v) is 23.5. The first kappa shape index (κ1) is 40.7. The molecule has 1 aliphatic carbocycles. The van der Waals surface area contributed by atoms with Crippen LogP contribution in [0.2, 0.25) is 0 Å². The van der Waals surface area contributed by atoms with Crippen LogP contribution >= 0.6 is 0 Å². The second kappa shape index (κ2) is 17.5. The summed E-state index contributed by atoms with van der Waals surface area (Å²) < 4.78 is 0. The molecule has 0 spiro atoms. The van der Waals surface area contributed by atoms with E-state index in [1.807, 2.05) is 0 Å². The average molecular weight is 866 g/mol. The molecule has 320 valence electrons. The van der Waals surface area contributed by atoms with Crippen LogP contribution in [0.5, 0.6) is 0 Å². The van der Waals surface area contributed by atoms with Crippen molar-refractivity contribution >= 4 is 17.1 Å². The molecule has 11 aromatic rings. The van der Waals surface area contributed by atoms with Gasteiger partial charge in [-0.25, -0.2) is 0 Å². The third-order valence-electron chi connectivity index (χ3n) is 13.7. The van der Waals surface area contributed by atoms with Gasteiger partial charge in [-0.15, -0.1) is 0 Å². The van der Waals surface area contributed by atoms with Gasteiger partial charge in [0.1, 0.15) is 0 Å². The van der Waals surface area contributed by atoms with Crippen molar-refractivity contribution in [2.45, 2.75) is 5.41 Å². The van der Waals surface area contributed by atoms with Gasteiger partial charge in [0.25, 0.3) is 0 Å². The van der Waals surface area contributed by atoms with Crippen molar-refractivity contribution in [1.82, 2.24) is 0 Å². The Labute approximate surface area is 399 Å². The van der Waals surface area contributed by atoms with Gasteiger partial charge in [0.15, 0.2) is 0 Å². The van der Waals surface area contributed by atoms with Crippen LogP contribution in [0.3, 0.4) is 0 Å². The Morgan fingerprint density at radius 2 is 0.618 bits per heavy atom. The molecule has 0 bridgehead atoms. The summed E-state index contributed by atoms with van der Waals surface area (Å²) in [7, 11) is 0. The molecule has 0 unspecified atom stereocenters.